The summed E-state index contributed by atoms with van der Waals surface area (Å²) in [7, 11) is 1.86. The minimum absolute atomic E-state index is 0.171. The van der Waals surface area contributed by atoms with Crippen LogP contribution in [0.3, 0.4) is 0 Å². The lowest BCUT2D eigenvalue weighted by atomic mass is 9.99. The van der Waals surface area contributed by atoms with Crippen molar-refractivity contribution in [3.8, 4) is 11.3 Å². The molecule has 26 heavy (non-hydrogen) atoms. The van der Waals surface area contributed by atoms with Crippen LogP contribution in [0.2, 0.25) is 0 Å². The number of hydrogen-bond acceptors (Lipinski definition) is 5. The first-order valence-corrected chi connectivity index (χ1v) is 8.65. The number of carbonyl (C=O) groups is 1. The molecule has 0 saturated carbocycles. The van der Waals surface area contributed by atoms with Crippen LogP contribution in [-0.2, 0) is 7.05 Å². The van der Waals surface area contributed by atoms with Gasteiger partial charge in [0.25, 0.3) is 0 Å². The number of nitrogens with one attached hydrogen (secondary N) is 1. The molecule has 6 nitrogen and oxygen atoms in total. The molecule has 0 bridgehead atoms. The zero-order valence-corrected chi connectivity index (χ0v) is 15.5. The average molecular weight is 349 g/mol. The highest BCUT2D eigenvalue weighted by molar-refractivity contribution is 5.96. The molecule has 0 spiro atoms. The zero-order chi connectivity index (χ0) is 18.7. The Kier molecular flexibility index (Phi) is 5.11. The normalized spacial score (nSPS) is 11.0. The second kappa shape index (κ2) is 7.47. The maximum absolute atomic E-state index is 12.2. The van der Waals surface area contributed by atoms with Gasteiger partial charge in [-0.1, -0.05) is 38.1 Å². The molecule has 0 radical (unpaired) electrons. The molecule has 2 aromatic heterocycles. The van der Waals surface area contributed by atoms with Crippen LogP contribution >= 0.6 is 0 Å². The Balaban J connectivity index is 1.84. The number of aryl methyl sites for hydroxylation is 2. The van der Waals surface area contributed by atoms with E-state index in [0.717, 1.165) is 28.1 Å². The molecule has 0 amide bonds. The first kappa shape index (κ1) is 17.8. The Morgan fingerprint density at radius 2 is 1.92 bits per heavy atom. The molecule has 0 unspecified atom stereocenters. The minimum atomic E-state index is 0.171. The van der Waals surface area contributed by atoms with Gasteiger partial charge in [-0.2, -0.15) is 5.10 Å². The van der Waals surface area contributed by atoms with E-state index in [-0.39, 0.29) is 5.78 Å². The van der Waals surface area contributed by atoms with Gasteiger partial charge in [0.15, 0.2) is 5.78 Å². The number of hydrogen-bond donors (Lipinski definition) is 1. The quantitative estimate of drug-likeness (QED) is 0.677. The third-order valence-corrected chi connectivity index (χ3v) is 4.01. The van der Waals surface area contributed by atoms with E-state index < -0.39 is 0 Å². The fourth-order valence-corrected chi connectivity index (χ4v) is 2.71. The molecule has 134 valence electrons. The van der Waals surface area contributed by atoms with Crippen molar-refractivity contribution in [1.29, 1.82) is 0 Å². The molecule has 0 atom stereocenters. The number of rotatable bonds is 6. The van der Waals surface area contributed by atoms with Crippen molar-refractivity contribution in [2.24, 2.45) is 13.0 Å². The number of Topliss-reactive ketones (excluding diaryl/α,β-unsaturated/α-hetero) is 1. The van der Waals surface area contributed by atoms with Crippen LogP contribution in [0.25, 0.3) is 11.3 Å². The fourth-order valence-electron chi connectivity index (χ4n) is 2.71. The van der Waals surface area contributed by atoms with Crippen molar-refractivity contribution < 1.29 is 4.79 Å². The number of ketones is 1. The first-order chi connectivity index (χ1) is 12.4. The zero-order valence-electron chi connectivity index (χ0n) is 15.5. The highest BCUT2D eigenvalue weighted by atomic mass is 16.1. The van der Waals surface area contributed by atoms with E-state index in [1.54, 1.807) is 17.1 Å². The predicted octanol–water partition coefficient (Wildman–Crippen LogP) is 4.16. The van der Waals surface area contributed by atoms with Crippen LogP contribution in [0.1, 0.15) is 36.2 Å². The molecule has 6 heteroatoms. The van der Waals surface area contributed by atoms with E-state index >= 15 is 0 Å². The molecule has 0 aliphatic heterocycles. The molecular formula is C20H23N5O. The third-order valence-electron chi connectivity index (χ3n) is 4.01. The van der Waals surface area contributed by atoms with Gasteiger partial charge in [-0.3, -0.25) is 9.48 Å². The Labute approximate surface area is 153 Å². The maximum atomic E-state index is 12.2. The van der Waals surface area contributed by atoms with E-state index in [2.05, 4.69) is 20.4 Å². The largest absolute Gasteiger partial charge is 0.321 e. The fraction of sp³-hybridized carbons (Fsp3) is 0.300. The van der Waals surface area contributed by atoms with Gasteiger partial charge < -0.3 is 5.32 Å². The summed E-state index contributed by atoms with van der Waals surface area (Å²) in [5.74, 6) is 1.04. The summed E-state index contributed by atoms with van der Waals surface area (Å²) < 4.78 is 1.71. The highest BCUT2D eigenvalue weighted by Gasteiger charge is 2.11. The lowest BCUT2D eigenvalue weighted by Crippen LogP contribution is -2.03. The van der Waals surface area contributed by atoms with Gasteiger partial charge in [0.1, 0.15) is 0 Å². The van der Waals surface area contributed by atoms with Gasteiger partial charge in [-0.05, 0) is 18.4 Å². The summed E-state index contributed by atoms with van der Waals surface area (Å²) in [6.45, 7) is 6.07. The molecule has 3 aromatic rings. The number of anilines is 2. The summed E-state index contributed by atoms with van der Waals surface area (Å²) in [6, 6.07) is 7.62. The van der Waals surface area contributed by atoms with Crippen LogP contribution in [0.4, 0.5) is 11.6 Å². The van der Waals surface area contributed by atoms with Crippen molar-refractivity contribution in [3.63, 3.8) is 0 Å². The molecule has 0 fully saturated rings. The van der Waals surface area contributed by atoms with E-state index in [0.29, 0.717) is 18.3 Å². The third kappa shape index (κ3) is 4.14. The monoisotopic (exact) mass is 349 g/mol. The molecule has 2 heterocycles. The van der Waals surface area contributed by atoms with E-state index in [1.165, 1.54) is 0 Å². The van der Waals surface area contributed by atoms with Gasteiger partial charge >= 0.3 is 0 Å². The van der Waals surface area contributed by atoms with Gasteiger partial charge in [-0.15, -0.1) is 0 Å². The summed E-state index contributed by atoms with van der Waals surface area (Å²) in [6.07, 6.45) is 5.93. The van der Waals surface area contributed by atoms with E-state index in [9.17, 15) is 4.79 Å². The molecule has 1 N–H and O–H groups in total. The SMILES string of the molecule is Cc1cnc(Nc2cnn(C)c2)nc1-c1ccc(C(=O)CC(C)C)cc1. The topological polar surface area (TPSA) is 72.7 Å². The van der Waals surface area contributed by atoms with Gasteiger partial charge in [0, 0.05) is 37.0 Å². The van der Waals surface area contributed by atoms with Crippen LogP contribution in [0, 0.1) is 12.8 Å². The van der Waals surface area contributed by atoms with Crippen LogP contribution < -0.4 is 5.32 Å². The molecule has 0 aliphatic carbocycles. The summed E-state index contributed by atoms with van der Waals surface area (Å²) in [5.41, 5.74) is 4.34. The van der Waals surface area contributed by atoms with Crippen molar-refractivity contribution in [2.75, 3.05) is 5.32 Å². The van der Waals surface area contributed by atoms with Gasteiger partial charge in [0.05, 0.1) is 17.6 Å². The van der Waals surface area contributed by atoms with Crippen molar-refractivity contribution in [2.45, 2.75) is 27.2 Å². The Morgan fingerprint density at radius 1 is 1.19 bits per heavy atom. The standard InChI is InChI=1S/C20H23N5O/c1-13(2)9-18(26)15-5-7-16(8-6-15)19-14(3)10-21-20(24-19)23-17-11-22-25(4)12-17/h5-8,10-13H,9H2,1-4H3,(H,21,23,24). The van der Waals surface area contributed by atoms with E-state index in [4.69, 9.17) is 0 Å². The van der Waals surface area contributed by atoms with Crippen molar-refractivity contribution in [1.82, 2.24) is 19.7 Å². The second-order valence-corrected chi connectivity index (χ2v) is 6.85. The average Bonchev–Trinajstić information content (AvgIpc) is 3.01. The molecule has 0 saturated heterocycles. The summed E-state index contributed by atoms with van der Waals surface area (Å²) in [4.78, 5) is 21.1. The predicted molar refractivity (Wildman–Crippen MR) is 102 cm³/mol. The van der Waals surface area contributed by atoms with Crippen molar-refractivity contribution >= 4 is 17.4 Å². The minimum Gasteiger partial charge on any atom is -0.321 e. The van der Waals surface area contributed by atoms with E-state index in [1.807, 2.05) is 58.3 Å². The summed E-state index contributed by atoms with van der Waals surface area (Å²) >= 11 is 0. The summed E-state index contributed by atoms with van der Waals surface area (Å²) in [5, 5.41) is 7.28. The smallest absolute Gasteiger partial charge is 0.227 e. The molecule has 1 aromatic carbocycles. The molecular weight excluding hydrogens is 326 g/mol. The van der Waals surface area contributed by atoms with Crippen LogP contribution in [0.5, 0.6) is 0 Å². The van der Waals surface area contributed by atoms with Crippen molar-refractivity contribution in [3.05, 3.63) is 54.0 Å². The van der Waals surface area contributed by atoms with Gasteiger partial charge in [-0.25, -0.2) is 9.97 Å². The lowest BCUT2D eigenvalue weighted by molar-refractivity contribution is 0.0968. The number of aromatic nitrogens is 4. The molecule has 0 aliphatic rings. The number of nitrogens with zero attached hydrogens (tertiary/aromatic N) is 4. The van der Waals surface area contributed by atoms with Crippen LogP contribution in [-0.4, -0.2) is 25.5 Å². The highest BCUT2D eigenvalue weighted by Crippen LogP contribution is 2.24. The second-order valence-electron chi connectivity index (χ2n) is 6.85. The van der Waals surface area contributed by atoms with Crippen LogP contribution in [0.15, 0.2) is 42.9 Å². The molecule has 3 rings (SSSR count). The Hall–Kier alpha value is -3.02. The van der Waals surface area contributed by atoms with Gasteiger partial charge in [0.2, 0.25) is 5.95 Å². The number of benzene rings is 1. The Morgan fingerprint density at radius 3 is 2.54 bits per heavy atom. The number of carbonyl (C=O) groups excluding carboxylic acids is 1. The lowest BCUT2D eigenvalue weighted by Gasteiger charge is -2.09. The Bertz CT molecular complexity index is 912. The maximum Gasteiger partial charge on any atom is 0.227 e. The first-order valence-electron chi connectivity index (χ1n) is 8.65.